The van der Waals surface area contributed by atoms with Gasteiger partial charge in [-0.1, -0.05) is 30.4 Å². The number of para-hydroxylation sites is 1. The van der Waals surface area contributed by atoms with Crippen molar-refractivity contribution < 1.29 is 14.9 Å². The molecule has 1 aromatic heterocycles. The fourth-order valence-electron chi connectivity index (χ4n) is 2.25. The van der Waals surface area contributed by atoms with Gasteiger partial charge in [-0.05, 0) is 17.7 Å². The Kier molecular flexibility index (Phi) is 6.26. The molecule has 3 rings (SSSR count). The number of thiol groups is 1. The highest BCUT2D eigenvalue weighted by molar-refractivity contribution is 8.10. The van der Waals surface area contributed by atoms with Crippen LogP contribution in [0.4, 0.5) is 0 Å². The zero-order valence-corrected chi connectivity index (χ0v) is 13.6. The molecule has 1 aromatic carbocycles. The molecule has 0 fully saturated rings. The molecule has 118 valence electrons. The molecule has 1 unspecified atom stereocenters. The molecule has 0 aliphatic carbocycles. The molecule has 2 aromatic rings. The average Bonchev–Trinajstić information content (AvgIpc) is 3.09. The zero-order valence-electron chi connectivity index (χ0n) is 11.9. The summed E-state index contributed by atoms with van der Waals surface area (Å²) in [6.07, 6.45) is 4.42. The smallest absolute Gasteiger partial charge is 0.143 e. The number of fused-ring (bicyclic) bond motifs is 1. The Bertz CT molecular complexity index is 666. The summed E-state index contributed by atoms with van der Waals surface area (Å²) < 4.78 is 0.194. The predicted molar refractivity (Wildman–Crippen MR) is 93.5 cm³/mol. The summed E-state index contributed by atoms with van der Waals surface area (Å²) in [5, 5.41) is 11.2. The normalized spacial score (nSPS) is 14.7. The minimum absolute atomic E-state index is 0.194. The Hall–Kier alpha value is -1.54. The van der Waals surface area contributed by atoms with Gasteiger partial charge in [-0.3, -0.25) is 0 Å². The van der Waals surface area contributed by atoms with E-state index in [4.69, 9.17) is 15.5 Å². The Morgan fingerprint density at radius 1 is 1.41 bits per heavy atom. The third kappa shape index (κ3) is 5.03. The van der Waals surface area contributed by atoms with E-state index >= 15 is 0 Å². The summed E-state index contributed by atoms with van der Waals surface area (Å²) in [4.78, 5) is 12.9. The first-order valence-corrected chi connectivity index (χ1v) is 7.61. The van der Waals surface area contributed by atoms with Crippen molar-refractivity contribution in [1.82, 2.24) is 4.98 Å². The number of aliphatic hydroxyl groups is 1. The molecule has 0 saturated carbocycles. The number of hydrogen-bond donors (Lipinski definition) is 4. The number of nitrogens with two attached hydrogens (primary N) is 1. The molecular formula is C15H18N2O3S2. The fraction of sp³-hybridized carbons (Fsp3) is 0.267. The summed E-state index contributed by atoms with van der Waals surface area (Å²) in [5.41, 5.74) is 6.93. The van der Waals surface area contributed by atoms with Crippen molar-refractivity contribution in [3.63, 3.8) is 0 Å². The van der Waals surface area contributed by atoms with Gasteiger partial charge in [0.05, 0.1) is 6.10 Å². The summed E-state index contributed by atoms with van der Waals surface area (Å²) in [6.45, 7) is 0.467. The van der Waals surface area contributed by atoms with E-state index in [0.29, 0.717) is 25.2 Å². The number of aliphatic hydroxyl groups excluding tert-OH is 1. The van der Waals surface area contributed by atoms with Gasteiger partial charge in [0.1, 0.15) is 16.7 Å². The molecule has 4 N–H and O–H groups in total. The number of rotatable bonds is 4. The Morgan fingerprint density at radius 2 is 2.14 bits per heavy atom. The van der Waals surface area contributed by atoms with E-state index in [9.17, 15) is 5.11 Å². The average molecular weight is 338 g/mol. The first-order valence-electron chi connectivity index (χ1n) is 6.76. The van der Waals surface area contributed by atoms with Crippen LogP contribution in [0.5, 0.6) is 0 Å². The second-order valence-electron chi connectivity index (χ2n) is 4.80. The summed E-state index contributed by atoms with van der Waals surface area (Å²) in [6, 6.07) is 8.08. The van der Waals surface area contributed by atoms with Gasteiger partial charge in [0.15, 0.2) is 0 Å². The van der Waals surface area contributed by atoms with Crippen LogP contribution < -0.4 is 5.73 Å². The van der Waals surface area contributed by atoms with Gasteiger partial charge in [-0.25, -0.2) is 0 Å². The summed E-state index contributed by atoms with van der Waals surface area (Å²) in [7, 11) is 0. The lowest BCUT2D eigenvalue weighted by Crippen LogP contribution is -2.11. The molecule has 5 nitrogen and oxygen atoms in total. The molecule has 0 saturated heterocycles. The Morgan fingerprint density at radius 3 is 2.82 bits per heavy atom. The maximum absolute atomic E-state index is 10.1. The number of thiocarbonyl (C=S) groups is 1. The van der Waals surface area contributed by atoms with Gasteiger partial charge in [0.25, 0.3) is 0 Å². The molecule has 7 heteroatoms. The number of nitrogens with one attached hydrogen (secondary N) is 1. The lowest BCUT2D eigenvalue weighted by Gasteiger charge is -2.09. The first-order chi connectivity index (χ1) is 10.6. The first kappa shape index (κ1) is 16.8. The van der Waals surface area contributed by atoms with Crippen LogP contribution in [-0.2, 0) is 16.2 Å². The van der Waals surface area contributed by atoms with E-state index in [0.717, 1.165) is 16.5 Å². The highest BCUT2D eigenvalue weighted by atomic mass is 32.1. The fourth-order valence-corrected chi connectivity index (χ4v) is 2.25. The van der Waals surface area contributed by atoms with E-state index in [2.05, 4.69) is 35.9 Å². The van der Waals surface area contributed by atoms with Crippen molar-refractivity contribution in [2.24, 2.45) is 5.73 Å². The van der Waals surface area contributed by atoms with Gasteiger partial charge in [0.2, 0.25) is 0 Å². The molecule has 0 amide bonds. The van der Waals surface area contributed by atoms with Gasteiger partial charge in [-0.2, -0.15) is 4.89 Å². The molecule has 2 heterocycles. The topological polar surface area (TPSA) is 80.5 Å². The molecule has 0 spiro atoms. The maximum Gasteiger partial charge on any atom is 0.143 e. The number of aromatic nitrogens is 1. The van der Waals surface area contributed by atoms with Crippen LogP contribution in [0.25, 0.3) is 10.9 Å². The molecule has 1 aliphatic rings. The molecule has 0 radical (unpaired) electrons. The molecular weight excluding hydrogens is 320 g/mol. The minimum Gasteiger partial charge on any atom is -0.392 e. The van der Waals surface area contributed by atoms with E-state index in [1.54, 1.807) is 0 Å². The van der Waals surface area contributed by atoms with Crippen LogP contribution in [-0.4, -0.2) is 27.1 Å². The van der Waals surface area contributed by atoms with Gasteiger partial charge < -0.3 is 20.7 Å². The van der Waals surface area contributed by atoms with Crippen LogP contribution in [0.15, 0.2) is 42.3 Å². The largest absolute Gasteiger partial charge is 0.392 e. The molecule has 1 atom stereocenters. The van der Waals surface area contributed by atoms with Crippen LogP contribution >= 0.6 is 24.8 Å². The van der Waals surface area contributed by atoms with Gasteiger partial charge in [0, 0.05) is 29.9 Å². The second-order valence-corrected chi connectivity index (χ2v) is 6.02. The van der Waals surface area contributed by atoms with Crippen molar-refractivity contribution in [2.75, 3.05) is 6.61 Å². The maximum atomic E-state index is 10.1. The van der Waals surface area contributed by atoms with Crippen LogP contribution in [0.2, 0.25) is 0 Å². The van der Waals surface area contributed by atoms with Crippen molar-refractivity contribution in [3.05, 3.63) is 47.9 Å². The quantitative estimate of drug-likeness (QED) is 0.391. The van der Waals surface area contributed by atoms with Gasteiger partial charge >= 0.3 is 0 Å². The molecule has 0 bridgehead atoms. The Balaban J connectivity index is 0.000000396. The van der Waals surface area contributed by atoms with Crippen molar-refractivity contribution in [2.45, 2.75) is 18.9 Å². The standard InChI is InChI=1S/C14H15NO3.CH3NS2/c16-11(8-12-5-6-17-18-12)7-10-9-15-14-4-2-1-3-13(10)14;2-1(3)4/h1-5,9,11,15-16H,6-8H2;(H3,2,3,4). The third-order valence-electron chi connectivity index (χ3n) is 3.11. The van der Waals surface area contributed by atoms with E-state index in [1.807, 2.05) is 30.5 Å². The number of benzene rings is 1. The summed E-state index contributed by atoms with van der Waals surface area (Å²) >= 11 is 7.65. The number of aromatic amines is 1. The van der Waals surface area contributed by atoms with Crippen molar-refractivity contribution in [3.8, 4) is 0 Å². The van der Waals surface area contributed by atoms with Gasteiger partial charge in [-0.15, -0.1) is 12.6 Å². The van der Waals surface area contributed by atoms with Crippen LogP contribution in [0.1, 0.15) is 12.0 Å². The zero-order chi connectivity index (χ0) is 15.9. The molecule has 22 heavy (non-hydrogen) atoms. The second kappa shape index (κ2) is 8.19. The van der Waals surface area contributed by atoms with E-state index < -0.39 is 6.10 Å². The highest BCUT2D eigenvalue weighted by Gasteiger charge is 2.15. The summed E-state index contributed by atoms with van der Waals surface area (Å²) in [5.74, 6) is 0.711. The monoisotopic (exact) mass is 338 g/mol. The van der Waals surface area contributed by atoms with E-state index in [1.165, 1.54) is 0 Å². The third-order valence-corrected chi connectivity index (χ3v) is 3.11. The Labute approximate surface area is 139 Å². The van der Waals surface area contributed by atoms with Crippen LogP contribution in [0.3, 0.4) is 0 Å². The van der Waals surface area contributed by atoms with Crippen molar-refractivity contribution in [1.29, 1.82) is 0 Å². The predicted octanol–water partition coefficient (Wildman–Crippen LogP) is 2.47. The SMILES string of the molecule is NC(=S)S.OC(CC1=CCOO1)Cc1c[nH]c2ccccc12. The number of hydrogen-bond acceptors (Lipinski definition) is 4. The number of H-pyrrole nitrogens is 1. The lowest BCUT2D eigenvalue weighted by atomic mass is 10.0. The molecule has 1 aliphatic heterocycles. The lowest BCUT2D eigenvalue weighted by molar-refractivity contribution is -0.237. The van der Waals surface area contributed by atoms with E-state index in [-0.39, 0.29) is 4.32 Å². The minimum atomic E-state index is -0.461. The van der Waals surface area contributed by atoms with Crippen molar-refractivity contribution >= 4 is 40.1 Å². The highest BCUT2D eigenvalue weighted by Crippen LogP contribution is 2.21. The van der Waals surface area contributed by atoms with Crippen LogP contribution in [0, 0.1) is 0 Å².